The van der Waals surface area contributed by atoms with Crippen molar-refractivity contribution in [3.8, 4) is 0 Å². The third-order valence-corrected chi connectivity index (χ3v) is 3.41. The van der Waals surface area contributed by atoms with E-state index in [-0.39, 0.29) is 12.1 Å². The van der Waals surface area contributed by atoms with Crippen LogP contribution in [0.3, 0.4) is 0 Å². The average molecular weight is 235 g/mol. The zero-order valence-electron chi connectivity index (χ0n) is 10.6. The predicted octanol–water partition coefficient (Wildman–Crippen LogP) is 1.32. The van der Waals surface area contributed by atoms with Gasteiger partial charge < -0.3 is 15.3 Å². The van der Waals surface area contributed by atoms with Gasteiger partial charge in [-0.15, -0.1) is 0 Å². The molecule has 1 aliphatic heterocycles. The number of hydrogen-bond donors (Lipinski definition) is 2. The van der Waals surface area contributed by atoms with Crippen LogP contribution in [0.4, 0.5) is 5.69 Å². The van der Waals surface area contributed by atoms with Gasteiger partial charge in [-0.3, -0.25) is 4.98 Å². The van der Waals surface area contributed by atoms with E-state index < -0.39 is 0 Å². The van der Waals surface area contributed by atoms with Gasteiger partial charge in [0.05, 0.1) is 23.7 Å². The zero-order valence-corrected chi connectivity index (χ0v) is 10.6. The van der Waals surface area contributed by atoms with Crippen LogP contribution < -0.4 is 10.2 Å². The number of nitrogens with zero attached hydrogens (tertiary/aromatic N) is 2. The van der Waals surface area contributed by atoms with E-state index in [1.165, 1.54) is 0 Å². The first kappa shape index (κ1) is 12.3. The van der Waals surface area contributed by atoms with E-state index in [1.807, 2.05) is 13.2 Å². The minimum Gasteiger partial charge on any atom is -0.391 e. The largest absolute Gasteiger partial charge is 0.391 e. The number of aliphatic hydroxyl groups is 1. The van der Waals surface area contributed by atoms with Gasteiger partial charge in [0.2, 0.25) is 0 Å². The van der Waals surface area contributed by atoms with Crippen molar-refractivity contribution in [1.82, 2.24) is 10.3 Å². The number of nitrogens with one attached hydrogen (secondary N) is 1. The van der Waals surface area contributed by atoms with Gasteiger partial charge in [0.25, 0.3) is 0 Å². The van der Waals surface area contributed by atoms with Crippen LogP contribution in [0.25, 0.3) is 0 Å². The van der Waals surface area contributed by atoms with Crippen LogP contribution in [0.5, 0.6) is 0 Å². The highest BCUT2D eigenvalue weighted by Crippen LogP contribution is 2.20. The summed E-state index contributed by atoms with van der Waals surface area (Å²) in [5.41, 5.74) is 2.16. The Morgan fingerprint density at radius 2 is 2.35 bits per heavy atom. The summed E-state index contributed by atoms with van der Waals surface area (Å²) in [7, 11) is 1.93. The molecule has 1 aliphatic rings. The molecule has 2 rings (SSSR count). The Bertz CT molecular complexity index is 352. The van der Waals surface area contributed by atoms with Crippen LogP contribution >= 0.6 is 0 Å². The number of anilines is 1. The molecule has 1 aromatic rings. The van der Waals surface area contributed by atoms with Gasteiger partial charge in [-0.25, -0.2) is 0 Å². The monoisotopic (exact) mass is 235 g/mol. The number of aliphatic hydroxyl groups excluding tert-OH is 1. The standard InChI is InChI=1S/C13H21N3O/c1-10(14-2)13-6-5-11(8-15-13)16-7-3-4-12(17)9-16/h5-6,8,10,12,14,17H,3-4,7,9H2,1-2H3. The fraction of sp³-hybridized carbons (Fsp3) is 0.615. The molecule has 17 heavy (non-hydrogen) atoms. The first-order chi connectivity index (χ1) is 8.20. The zero-order chi connectivity index (χ0) is 12.3. The summed E-state index contributed by atoms with van der Waals surface area (Å²) in [5.74, 6) is 0. The van der Waals surface area contributed by atoms with Gasteiger partial charge >= 0.3 is 0 Å². The topological polar surface area (TPSA) is 48.4 Å². The lowest BCUT2D eigenvalue weighted by molar-refractivity contribution is 0.154. The normalized spacial score (nSPS) is 22.5. The van der Waals surface area contributed by atoms with Crippen molar-refractivity contribution in [3.05, 3.63) is 24.0 Å². The molecule has 2 heterocycles. The number of hydrogen-bond acceptors (Lipinski definition) is 4. The van der Waals surface area contributed by atoms with Crippen LogP contribution in [-0.4, -0.2) is 36.3 Å². The minimum absolute atomic E-state index is 0.195. The van der Waals surface area contributed by atoms with E-state index >= 15 is 0 Å². The Morgan fingerprint density at radius 3 is 2.94 bits per heavy atom. The summed E-state index contributed by atoms with van der Waals surface area (Å²) in [6.07, 6.45) is 3.68. The van der Waals surface area contributed by atoms with Gasteiger partial charge in [0.1, 0.15) is 0 Å². The van der Waals surface area contributed by atoms with Crippen LogP contribution in [0.2, 0.25) is 0 Å². The molecule has 0 radical (unpaired) electrons. The molecule has 4 nitrogen and oxygen atoms in total. The molecule has 0 spiro atoms. The van der Waals surface area contributed by atoms with Gasteiger partial charge in [-0.1, -0.05) is 0 Å². The number of rotatable bonds is 3. The molecule has 2 atom stereocenters. The number of β-amino-alcohol motifs (C(OH)–C–C–N with tert-alkyl or cyclic N) is 1. The third kappa shape index (κ3) is 2.96. The number of piperidine rings is 1. The maximum absolute atomic E-state index is 9.65. The summed E-state index contributed by atoms with van der Waals surface area (Å²) in [5, 5.41) is 12.8. The third-order valence-electron chi connectivity index (χ3n) is 3.41. The van der Waals surface area contributed by atoms with Crippen LogP contribution in [0, 0.1) is 0 Å². The molecular weight excluding hydrogens is 214 g/mol. The minimum atomic E-state index is -0.195. The first-order valence-electron chi connectivity index (χ1n) is 6.27. The second-order valence-corrected chi connectivity index (χ2v) is 4.69. The van der Waals surface area contributed by atoms with Gasteiger partial charge in [0, 0.05) is 19.1 Å². The van der Waals surface area contributed by atoms with Crippen LogP contribution in [-0.2, 0) is 0 Å². The van der Waals surface area contributed by atoms with E-state index in [0.29, 0.717) is 0 Å². The van der Waals surface area contributed by atoms with Crippen LogP contribution in [0.15, 0.2) is 18.3 Å². The second-order valence-electron chi connectivity index (χ2n) is 4.69. The van der Waals surface area contributed by atoms with Gasteiger partial charge in [-0.2, -0.15) is 0 Å². The number of pyridine rings is 1. The Morgan fingerprint density at radius 1 is 1.53 bits per heavy atom. The van der Waals surface area contributed by atoms with Gasteiger partial charge in [0.15, 0.2) is 0 Å². The van der Waals surface area contributed by atoms with Crippen LogP contribution in [0.1, 0.15) is 31.5 Å². The molecule has 0 aliphatic carbocycles. The second kappa shape index (κ2) is 5.47. The lowest BCUT2D eigenvalue weighted by atomic mass is 10.1. The number of aromatic nitrogens is 1. The highest BCUT2D eigenvalue weighted by Gasteiger charge is 2.18. The Balaban J connectivity index is 2.06. The first-order valence-corrected chi connectivity index (χ1v) is 6.27. The van der Waals surface area contributed by atoms with Crippen molar-refractivity contribution in [3.63, 3.8) is 0 Å². The summed E-state index contributed by atoms with van der Waals surface area (Å²) in [6, 6.07) is 4.42. The molecular formula is C13H21N3O. The lowest BCUT2D eigenvalue weighted by Crippen LogP contribution is -2.38. The SMILES string of the molecule is CNC(C)c1ccc(N2CCCC(O)C2)cn1. The molecule has 0 amide bonds. The molecule has 0 bridgehead atoms. The van der Waals surface area contributed by atoms with E-state index in [2.05, 4.69) is 34.3 Å². The maximum Gasteiger partial charge on any atom is 0.0715 e. The molecule has 94 valence electrons. The van der Waals surface area contributed by atoms with Crippen molar-refractivity contribution in [2.24, 2.45) is 0 Å². The predicted molar refractivity (Wildman–Crippen MR) is 69.2 cm³/mol. The van der Waals surface area contributed by atoms with E-state index in [9.17, 15) is 5.11 Å². The van der Waals surface area contributed by atoms with E-state index in [4.69, 9.17) is 0 Å². The lowest BCUT2D eigenvalue weighted by Gasteiger charge is -2.31. The molecule has 0 saturated carbocycles. The molecule has 2 N–H and O–H groups in total. The molecule has 4 heteroatoms. The van der Waals surface area contributed by atoms with E-state index in [1.54, 1.807) is 0 Å². The molecule has 2 unspecified atom stereocenters. The molecule has 1 saturated heterocycles. The Kier molecular flexibility index (Phi) is 3.97. The quantitative estimate of drug-likeness (QED) is 0.829. The van der Waals surface area contributed by atoms with Crippen molar-refractivity contribution < 1.29 is 5.11 Å². The van der Waals surface area contributed by atoms with Crippen molar-refractivity contribution >= 4 is 5.69 Å². The van der Waals surface area contributed by atoms with Crippen molar-refractivity contribution in [2.45, 2.75) is 31.9 Å². The summed E-state index contributed by atoms with van der Waals surface area (Å²) in [6.45, 7) is 3.83. The smallest absolute Gasteiger partial charge is 0.0715 e. The average Bonchev–Trinajstić information content (AvgIpc) is 2.38. The highest BCUT2D eigenvalue weighted by molar-refractivity contribution is 5.45. The van der Waals surface area contributed by atoms with E-state index in [0.717, 1.165) is 37.3 Å². The van der Waals surface area contributed by atoms with Crippen molar-refractivity contribution in [2.75, 3.05) is 25.0 Å². The summed E-state index contributed by atoms with van der Waals surface area (Å²) >= 11 is 0. The molecule has 0 aromatic carbocycles. The maximum atomic E-state index is 9.65. The Hall–Kier alpha value is -1.13. The molecule has 1 fully saturated rings. The van der Waals surface area contributed by atoms with Gasteiger partial charge in [-0.05, 0) is 38.9 Å². The van der Waals surface area contributed by atoms with Crippen molar-refractivity contribution in [1.29, 1.82) is 0 Å². The fourth-order valence-corrected chi connectivity index (χ4v) is 2.18. The highest BCUT2D eigenvalue weighted by atomic mass is 16.3. The summed E-state index contributed by atoms with van der Waals surface area (Å²) in [4.78, 5) is 6.67. The fourth-order valence-electron chi connectivity index (χ4n) is 2.18. The Labute approximate surface area is 103 Å². The summed E-state index contributed by atoms with van der Waals surface area (Å²) < 4.78 is 0. The molecule has 1 aromatic heterocycles.